The Morgan fingerprint density at radius 2 is 2.35 bits per heavy atom. The van der Waals surface area contributed by atoms with E-state index in [0.29, 0.717) is 12.1 Å². The average molecular weight is 238 g/mol. The standard InChI is InChI=1S/C12H22N4O/c1-9(13-2)8-11-14-12(17-15-11)10-6-4-5-7-16(10)3/h9-10,13H,4-8H2,1-3H3. The fourth-order valence-electron chi connectivity index (χ4n) is 2.25. The highest BCUT2D eigenvalue weighted by molar-refractivity contribution is 4.96. The highest BCUT2D eigenvalue weighted by Crippen LogP contribution is 2.28. The van der Waals surface area contributed by atoms with Crippen LogP contribution < -0.4 is 5.32 Å². The van der Waals surface area contributed by atoms with Crippen molar-refractivity contribution in [2.75, 3.05) is 20.6 Å². The Morgan fingerprint density at radius 3 is 3.06 bits per heavy atom. The minimum atomic E-state index is 0.315. The molecular formula is C12H22N4O. The number of likely N-dealkylation sites (N-methyl/N-ethyl adjacent to an activating group) is 1. The zero-order valence-corrected chi connectivity index (χ0v) is 10.9. The summed E-state index contributed by atoms with van der Waals surface area (Å²) in [6, 6.07) is 0.694. The van der Waals surface area contributed by atoms with E-state index in [9.17, 15) is 0 Å². The van der Waals surface area contributed by atoms with Gasteiger partial charge in [0.05, 0.1) is 6.04 Å². The van der Waals surface area contributed by atoms with Gasteiger partial charge in [0.2, 0.25) is 5.89 Å². The van der Waals surface area contributed by atoms with Gasteiger partial charge in [-0.1, -0.05) is 11.6 Å². The molecule has 17 heavy (non-hydrogen) atoms. The predicted molar refractivity (Wildman–Crippen MR) is 65.7 cm³/mol. The molecule has 0 aliphatic carbocycles. The number of piperidine rings is 1. The third kappa shape index (κ3) is 3.04. The van der Waals surface area contributed by atoms with Gasteiger partial charge in [-0.2, -0.15) is 4.98 Å². The van der Waals surface area contributed by atoms with Crippen molar-refractivity contribution >= 4 is 0 Å². The van der Waals surface area contributed by atoms with Gasteiger partial charge in [0.1, 0.15) is 0 Å². The maximum atomic E-state index is 5.39. The Bertz CT molecular complexity index is 352. The van der Waals surface area contributed by atoms with Gasteiger partial charge in [-0.05, 0) is 40.4 Å². The van der Waals surface area contributed by atoms with Gasteiger partial charge in [-0.15, -0.1) is 0 Å². The second-order valence-corrected chi connectivity index (χ2v) is 4.93. The second-order valence-electron chi connectivity index (χ2n) is 4.93. The monoisotopic (exact) mass is 238 g/mol. The number of hydrogen-bond donors (Lipinski definition) is 1. The van der Waals surface area contributed by atoms with E-state index in [2.05, 4.69) is 34.3 Å². The van der Waals surface area contributed by atoms with Crippen LogP contribution in [0.3, 0.4) is 0 Å². The Morgan fingerprint density at radius 1 is 1.53 bits per heavy atom. The molecule has 1 fully saturated rings. The summed E-state index contributed by atoms with van der Waals surface area (Å²) in [6.07, 6.45) is 4.46. The largest absolute Gasteiger partial charge is 0.338 e. The predicted octanol–water partition coefficient (Wildman–Crippen LogP) is 1.38. The Balaban J connectivity index is 2.01. The summed E-state index contributed by atoms with van der Waals surface area (Å²) >= 11 is 0. The third-order valence-electron chi connectivity index (χ3n) is 3.52. The Hall–Kier alpha value is -0.940. The van der Waals surface area contributed by atoms with Crippen molar-refractivity contribution < 1.29 is 4.52 Å². The highest BCUT2D eigenvalue weighted by atomic mass is 16.5. The zero-order valence-electron chi connectivity index (χ0n) is 10.9. The minimum absolute atomic E-state index is 0.315. The van der Waals surface area contributed by atoms with Crippen molar-refractivity contribution in [1.29, 1.82) is 0 Å². The first-order chi connectivity index (χ1) is 8.20. The first kappa shape index (κ1) is 12.5. The summed E-state index contributed by atoms with van der Waals surface area (Å²) in [6.45, 7) is 3.23. The molecule has 0 bridgehead atoms. The molecule has 0 amide bonds. The van der Waals surface area contributed by atoms with Crippen molar-refractivity contribution in [1.82, 2.24) is 20.4 Å². The van der Waals surface area contributed by atoms with Crippen LogP contribution in [0.25, 0.3) is 0 Å². The van der Waals surface area contributed by atoms with Crippen LogP contribution in [0, 0.1) is 0 Å². The van der Waals surface area contributed by atoms with E-state index in [1.165, 1.54) is 12.8 Å². The quantitative estimate of drug-likeness (QED) is 0.858. The molecule has 2 unspecified atom stereocenters. The van der Waals surface area contributed by atoms with Gasteiger partial charge in [-0.25, -0.2) is 0 Å². The summed E-state index contributed by atoms with van der Waals surface area (Å²) in [7, 11) is 4.07. The average Bonchev–Trinajstić information content (AvgIpc) is 2.78. The van der Waals surface area contributed by atoms with E-state index < -0.39 is 0 Å². The lowest BCUT2D eigenvalue weighted by molar-refractivity contribution is 0.150. The van der Waals surface area contributed by atoms with Crippen molar-refractivity contribution in [2.45, 2.75) is 44.7 Å². The van der Waals surface area contributed by atoms with Gasteiger partial charge in [0, 0.05) is 12.5 Å². The molecule has 1 aromatic rings. The zero-order chi connectivity index (χ0) is 12.3. The van der Waals surface area contributed by atoms with Crippen LogP contribution >= 0.6 is 0 Å². The summed E-state index contributed by atoms with van der Waals surface area (Å²) < 4.78 is 5.39. The first-order valence-electron chi connectivity index (χ1n) is 6.40. The molecular weight excluding hydrogens is 216 g/mol. The molecule has 1 N–H and O–H groups in total. The van der Waals surface area contributed by atoms with Crippen molar-refractivity contribution in [3.63, 3.8) is 0 Å². The van der Waals surface area contributed by atoms with Crippen LogP contribution in [0.2, 0.25) is 0 Å². The lowest BCUT2D eigenvalue weighted by Crippen LogP contribution is -2.29. The Kier molecular flexibility index (Phi) is 4.12. The van der Waals surface area contributed by atoms with Crippen LogP contribution in [0.1, 0.15) is 43.9 Å². The molecule has 0 spiro atoms. The number of likely N-dealkylation sites (tertiary alicyclic amines) is 1. The lowest BCUT2D eigenvalue weighted by Gasteiger charge is -2.29. The van der Waals surface area contributed by atoms with Crippen molar-refractivity contribution in [2.24, 2.45) is 0 Å². The van der Waals surface area contributed by atoms with E-state index in [0.717, 1.165) is 31.1 Å². The van der Waals surface area contributed by atoms with Crippen LogP contribution in [0.15, 0.2) is 4.52 Å². The Labute approximate surface area is 103 Å². The van der Waals surface area contributed by atoms with Crippen LogP contribution in [-0.4, -0.2) is 41.7 Å². The van der Waals surface area contributed by atoms with E-state index in [-0.39, 0.29) is 0 Å². The molecule has 1 aliphatic heterocycles. The second kappa shape index (κ2) is 5.60. The summed E-state index contributed by atoms with van der Waals surface area (Å²) in [5.74, 6) is 1.59. The molecule has 1 aromatic heterocycles. The van der Waals surface area contributed by atoms with Gasteiger partial charge < -0.3 is 9.84 Å². The summed E-state index contributed by atoms with van der Waals surface area (Å²) in [5, 5.41) is 7.24. The molecule has 1 saturated heterocycles. The third-order valence-corrected chi connectivity index (χ3v) is 3.52. The fourth-order valence-corrected chi connectivity index (χ4v) is 2.25. The smallest absolute Gasteiger partial charge is 0.243 e. The summed E-state index contributed by atoms with van der Waals surface area (Å²) in [4.78, 5) is 6.82. The van der Waals surface area contributed by atoms with Gasteiger partial charge in [-0.3, -0.25) is 4.90 Å². The van der Waals surface area contributed by atoms with E-state index in [4.69, 9.17) is 4.52 Å². The van der Waals surface area contributed by atoms with Gasteiger partial charge in [0.15, 0.2) is 5.82 Å². The van der Waals surface area contributed by atoms with E-state index in [1.807, 2.05) is 7.05 Å². The number of rotatable bonds is 4. The van der Waals surface area contributed by atoms with E-state index >= 15 is 0 Å². The van der Waals surface area contributed by atoms with Crippen molar-refractivity contribution in [3.8, 4) is 0 Å². The fraction of sp³-hybridized carbons (Fsp3) is 0.833. The molecule has 2 heterocycles. The van der Waals surface area contributed by atoms with Crippen LogP contribution in [0.4, 0.5) is 0 Å². The lowest BCUT2D eigenvalue weighted by atomic mass is 10.0. The van der Waals surface area contributed by atoms with E-state index in [1.54, 1.807) is 0 Å². The van der Waals surface area contributed by atoms with Gasteiger partial charge >= 0.3 is 0 Å². The molecule has 1 aliphatic rings. The minimum Gasteiger partial charge on any atom is -0.338 e. The first-order valence-corrected chi connectivity index (χ1v) is 6.40. The molecule has 2 rings (SSSR count). The summed E-state index contributed by atoms with van der Waals surface area (Å²) in [5.41, 5.74) is 0. The molecule has 5 nitrogen and oxygen atoms in total. The maximum absolute atomic E-state index is 5.39. The number of hydrogen-bond acceptors (Lipinski definition) is 5. The van der Waals surface area contributed by atoms with Crippen LogP contribution in [-0.2, 0) is 6.42 Å². The number of nitrogens with one attached hydrogen (secondary N) is 1. The number of aromatic nitrogens is 2. The van der Waals surface area contributed by atoms with Crippen LogP contribution in [0.5, 0.6) is 0 Å². The molecule has 0 saturated carbocycles. The topological polar surface area (TPSA) is 54.2 Å². The molecule has 96 valence electrons. The van der Waals surface area contributed by atoms with Crippen molar-refractivity contribution in [3.05, 3.63) is 11.7 Å². The molecule has 2 atom stereocenters. The molecule has 5 heteroatoms. The van der Waals surface area contributed by atoms with Gasteiger partial charge in [0.25, 0.3) is 0 Å². The normalized spacial score (nSPS) is 23.8. The number of nitrogens with zero attached hydrogens (tertiary/aromatic N) is 3. The molecule has 0 radical (unpaired) electrons. The molecule has 0 aromatic carbocycles. The SMILES string of the molecule is CNC(C)Cc1noc(C2CCCCN2C)n1. The maximum Gasteiger partial charge on any atom is 0.243 e. The highest BCUT2D eigenvalue weighted by Gasteiger charge is 2.26.